The van der Waals surface area contributed by atoms with E-state index < -0.39 is 0 Å². The first-order valence-electron chi connectivity index (χ1n) is 9.20. The Morgan fingerprint density at radius 3 is 1.68 bits per heavy atom. The molecule has 0 unspecified atom stereocenters. The largest absolute Gasteiger partial charge is 0.269 e. The van der Waals surface area contributed by atoms with Gasteiger partial charge in [0.15, 0.2) is 8.46 Å². The van der Waals surface area contributed by atoms with Gasteiger partial charge in [0.25, 0.3) is 0 Å². The van der Waals surface area contributed by atoms with Crippen LogP contribution < -0.4 is 5.30 Å². The van der Waals surface area contributed by atoms with Crippen molar-refractivity contribution in [2.75, 3.05) is 0 Å². The molecule has 4 aromatic carbocycles. The molecule has 4 rings (SSSR count). The van der Waals surface area contributed by atoms with Crippen molar-refractivity contribution in [2.45, 2.75) is 0 Å². The van der Waals surface area contributed by atoms with Crippen LogP contribution in [0.5, 0.6) is 0 Å². The summed E-state index contributed by atoms with van der Waals surface area (Å²) in [6.45, 7) is 0. The minimum absolute atomic E-state index is 0.0267. The SMILES string of the molecule is O=Pc1cc(-c2ccccc2)ccc1/C=C/c1ccc(-c2ccccc2)cc1. The summed E-state index contributed by atoms with van der Waals surface area (Å²) in [5, 5.41) is 0.790. The Bertz CT molecular complexity index is 1100. The van der Waals surface area contributed by atoms with Gasteiger partial charge >= 0.3 is 0 Å². The van der Waals surface area contributed by atoms with Crippen LogP contribution in [0.4, 0.5) is 0 Å². The summed E-state index contributed by atoms with van der Waals surface area (Å²) in [4.78, 5) is 0. The molecule has 0 aliphatic rings. The Morgan fingerprint density at radius 1 is 0.536 bits per heavy atom. The number of hydrogen-bond donors (Lipinski definition) is 0. The van der Waals surface area contributed by atoms with E-state index in [1.54, 1.807) is 0 Å². The summed E-state index contributed by atoms with van der Waals surface area (Å²) in [6.07, 6.45) is 4.08. The lowest BCUT2D eigenvalue weighted by Crippen LogP contribution is -1.98. The van der Waals surface area contributed by atoms with Gasteiger partial charge < -0.3 is 0 Å². The molecule has 0 atom stereocenters. The average molecular weight is 378 g/mol. The molecule has 0 saturated heterocycles. The molecule has 0 aromatic heterocycles. The Labute approximate surface area is 167 Å². The van der Waals surface area contributed by atoms with Crippen LogP contribution in [0.25, 0.3) is 34.4 Å². The summed E-state index contributed by atoms with van der Waals surface area (Å²) < 4.78 is 11.7. The Balaban J connectivity index is 1.57. The third kappa shape index (κ3) is 4.17. The van der Waals surface area contributed by atoms with Gasteiger partial charge in [-0.1, -0.05) is 109 Å². The van der Waals surface area contributed by atoms with Crippen molar-refractivity contribution in [3.8, 4) is 22.3 Å². The van der Waals surface area contributed by atoms with Crippen molar-refractivity contribution in [1.82, 2.24) is 0 Å². The second-order valence-corrected chi connectivity index (χ2v) is 7.22. The molecular weight excluding hydrogens is 359 g/mol. The highest BCUT2D eigenvalue weighted by Crippen LogP contribution is 2.22. The highest BCUT2D eigenvalue weighted by molar-refractivity contribution is 7.34. The van der Waals surface area contributed by atoms with E-state index in [1.807, 2.05) is 54.6 Å². The van der Waals surface area contributed by atoms with Gasteiger partial charge in [0.2, 0.25) is 0 Å². The first-order valence-corrected chi connectivity index (χ1v) is 10.0. The van der Waals surface area contributed by atoms with Crippen LogP contribution in [0.1, 0.15) is 11.1 Å². The van der Waals surface area contributed by atoms with E-state index in [0.29, 0.717) is 0 Å². The molecule has 1 nitrogen and oxygen atoms in total. The molecule has 0 radical (unpaired) electrons. The lowest BCUT2D eigenvalue weighted by Gasteiger charge is -2.05. The quantitative estimate of drug-likeness (QED) is 0.267. The highest BCUT2D eigenvalue weighted by atomic mass is 31.1. The molecule has 2 heteroatoms. The van der Waals surface area contributed by atoms with Gasteiger partial charge in [0.05, 0.1) is 5.30 Å². The van der Waals surface area contributed by atoms with Crippen molar-refractivity contribution >= 4 is 25.9 Å². The monoisotopic (exact) mass is 378 g/mol. The van der Waals surface area contributed by atoms with Crippen LogP contribution in [0.3, 0.4) is 0 Å². The molecule has 0 aliphatic heterocycles. The van der Waals surface area contributed by atoms with Crippen LogP contribution >= 0.6 is 8.46 Å². The van der Waals surface area contributed by atoms with E-state index >= 15 is 0 Å². The second-order valence-electron chi connectivity index (χ2n) is 6.55. The predicted molar refractivity (Wildman–Crippen MR) is 120 cm³/mol. The first-order chi connectivity index (χ1) is 13.8. The third-order valence-electron chi connectivity index (χ3n) is 4.71. The fourth-order valence-corrected chi connectivity index (χ4v) is 3.62. The van der Waals surface area contributed by atoms with Crippen molar-refractivity contribution in [3.63, 3.8) is 0 Å². The standard InChI is InChI=1S/C26H19OP/c27-28-26-19-25(22-9-5-2-6-10-22)18-17-24(26)16-13-20-11-14-23(15-12-20)21-7-3-1-4-8-21/h1-19H/b16-13+. The van der Waals surface area contributed by atoms with Gasteiger partial charge in [-0.15, -0.1) is 0 Å². The molecule has 0 fully saturated rings. The Kier molecular flexibility index (Phi) is 5.56. The zero-order chi connectivity index (χ0) is 19.2. The molecule has 0 bridgehead atoms. The first kappa shape index (κ1) is 18.1. The number of hydrogen-bond acceptors (Lipinski definition) is 1. The van der Waals surface area contributed by atoms with E-state index in [1.165, 1.54) is 11.1 Å². The Morgan fingerprint density at radius 2 is 1.07 bits per heavy atom. The van der Waals surface area contributed by atoms with E-state index in [0.717, 1.165) is 27.6 Å². The van der Waals surface area contributed by atoms with Crippen molar-refractivity contribution in [2.24, 2.45) is 0 Å². The maximum atomic E-state index is 11.7. The van der Waals surface area contributed by atoms with Crippen LogP contribution in [-0.2, 0) is 4.57 Å². The maximum absolute atomic E-state index is 11.7. The van der Waals surface area contributed by atoms with Crippen molar-refractivity contribution in [3.05, 3.63) is 114 Å². The van der Waals surface area contributed by atoms with Gasteiger partial charge in [0, 0.05) is 0 Å². The van der Waals surface area contributed by atoms with Crippen molar-refractivity contribution < 1.29 is 4.57 Å². The van der Waals surface area contributed by atoms with Crippen LogP contribution in [0.15, 0.2) is 103 Å². The highest BCUT2D eigenvalue weighted by Gasteiger charge is 2.04. The average Bonchev–Trinajstić information content (AvgIpc) is 2.79. The lowest BCUT2D eigenvalue weighted by molar-refractivity contribution is 0.603. The molecule has 0 aliphatic carbocycles. The molecule has 0 heterocycles. The molecule has 0 N–H and O–H groups in total. The van der Waals surface area contributed by atoms with Crippen LogP contribution in [-0.4, -0.2) is 0 Å². The van der Waals surface area contributed by atoms with E-state index in [-0.39, 0.29) is 8.46 Å². The smallest absolute Gasteiger partial charge is 0.192 e. The van der Waals surface area contributed by atoms with Crippen LogP contribution in [0, 0.1) is 0 Å². The second kappa shape index (κ2) is 8.61. The van der Waals surface area contributed by atoms with Gasteiger partial charge in [-0.3, -0.25) is 4.57 Å². The predicted octanol–water partition coefficient (Wildman–Crippen LogP) is 7.11. The molecule has 28 heavy (non-hydrogen) atoms. The Hall–Kier alpha value is -3.28. The fourth-order valence-electron chi connectivity index (χ4n) is 3.18. The summed E-state index contributed by atoms with van der Waals surface area (Å²) in [7, 11) is 0.0267. The van der Waals surface area contributed by atoms with Gasteiger partial charge in [-0.05, 0) is 39.4 Å². The minimum Gasteiger partial charge on any atom is -0.269 e. The van der Waals surface area contributed by atoms with E-state index in [4.69, 9.17) is 0 Å². The molecule has 0 amide bonds. The van der Waals surface area contributed by atoms with Gasteiger partial charge in [-0.2, -0.15) is 0 Å². The number of rotatable bonds is 5. The molecule has 4 aromatic rings. The fraction of sp³-hybridized carbons (Fsp3) is 0. The molecule has 134 valence electrons. The van der Waals surface area contributed by atoms with Crippen molar-refractivity contribution in [1.29, 1.82) is 0 Å². The van der Waals surface area contributed by atoms with Gasteiger partial charge in [0.1, 0.15) is 0 Å². The van der Waals surface area contributed by atoms with Gasteiger partial charge in [-0.25, -0.2) is 0 Å². The normalized spacial score (nSPS) is 11.1. The van der Waals surface area contributed by atoms with E-state index in [9.17, 15) is 4.57 Å². The summed E-state index contributed by atoms with van der Waals surface area (Å²) >= 11 is 0. The topological polar surface area (TPSA) is 17.1 Å². The third-order valence-corrected chi connectivity index (χ3v) is 5.29. The van der Waals surface area contributed by atoms with Crippen LogP contribution in [0.2, 0.25) is 0 Å². The summed E-state index contributed by atoms with van der Waals surface area (Å²) in [6, 6.07) is 35.0. The van der Waals surface area contributed by atoms with E-state index in [2.05, 4.69) is 60.7 Å². The summed E-state index contributed by atoms with van der Waals surface area (Å²) in [5.41, 5.74) is 6.68. The zero-order valence-electron chi connectivity index (χ0n) is 15.3. The lowest BCUT2D eigenvalue weighted by atomic mass is 10.0. The summed E-state index contributed by atoms with van der Waals surface area (Å²) in [5.74, 6) is 0. The molecule has 0 spiro atoms. The maximum Gasteiger partial charge on any atom is 0.192 e. The minimum atomic E-state index is 0.0267. The molecular formula is C26H19OP. The molecule has 0 saturated carbocycles. The number of benzene rings is 4. The zero-order valence-corrected chi connectivity index (χ0v) is 16.2.